The zero-order valence-electron chi connectivity index (χ0n) is 26.4. The highest BCUT2D eigenvalue weighted by Crippen LogP contribution is 2.41. The van der Waals surface area contributed by atoms with Gasteiger partial charge in [0.05, 0.1) is 67.7 Å². The number of sulfonamides is 1. The van der Waals surface area contributed by atoms with E-state index >= 15 is 0 Å². The lowest BCUT2D eigenvalue weighted by atomic mass is 10.0. The van der Waals surface area contributed by atoms with Gasteiger partial charge in [0, 0.05) is 29.7 Å². The number of carbonyl (C=O) groups excluding carboxylic acids is 1. The Balaban J connectivity index is 1.40. The Morgan fingerprint density at radius 1 is 0.875 bits per heavy atom. The second-order valence-corrected chi connectivity index (χ2v) is 12.9. The van der Waals surface area contributed by atoms with Gasteiger partial charge in [-0.1, -0.05) is 41.9 Å². The minimum Gasteiger partial charge on any atom is -0.493 e. The molecular formula is C35H33ClN4O7S. The number of para-hydroxylation sites is 2. The van der Waals surface area contributed by atoms with Crippen molar-refractivity contribution in [3.63, 3.8) is 0 Å². The SMILES string of the molecule is COc1cc(-c2cc(C(=O)Nc3ccc(N4CCOCC4)c(S(=O)(=O)Nc4ccccc4Cl)c3)c3ccccc3n2)cc(OC)c1OC. The maximum atomic E-state index is 14.0. The number of morpholine rings is 1. The first kappa shape index (κ1) is 32.9. The Labute approximate surface area is 283 Å². The third-order valence-electron chi connectivity index (χ3n) is 7.90. The Hall–Kier alpha value is -5.04. The number of amides is 1. The fourth-order valence-electron chi connectivity index (χ4n) is 5.55. The summed E-state index contributed by atoms with van der Waals surface area (Å²) in [5, 5.41) is 3.78. The number of rotatable bonds is 10. The zero-order chi connectivity index (χ0) is 33.8. The molecule has 1 aromatic heterocycles. The minimum absolute atomic E-state index is 0.0141. The molecule has 248 valence electrons. The van der Waals surface area contributed by atoms with Crippen LogP contribution in [0.2, 0.25) is 5.02 Å². The van der Waals surface area contributed by atoms with Crippen LogP contribution in [-0.4, -0.2) is 66.9 Å². The lowest BCUT2D eigenvalue weighted by Gasteiger charge is -2.30. The van der Waals surface area contributed by atoms with E-state index in [1.807, 2.05) is 23.1 Å². The number of benzene rings is 4. The number of fused-ring (bicyclic) bond motifs is 1. The minimum atomic E-state index is -4.15. The van der Waals surface area contributed by atoms with Crippen molar-refractivity contribution in [2.75, 3.05) is 62.6 Å². The van der Waals surface area contributed by atoms with E-state index in [1.54, 1.807) is 60.7 Å². The van der Waals surface area contributed by atoms with Crippen molar-refractivity contribution in [2.24, 2.45) is 0 Å². The van der Waals surface area contributed by atoms with Crippen LogP contribution in [0.3, 0.4) is 0 Å². The molecule has 1 saturated heterocycles. The molecule has 11 nitrogen and oxygen atoms in total. The average molecular weight is 689 g/mol. The smallest absolute Gasteiger partial charge is 0.264 e. The second-order valence-electron chi connectivity index (χ2n) is 10.8. The summed E-state index contributed by atoms with van der Waals surface area (Å²) < 4.78 is 52.4. The first-order chi connectivity index (χ1) is 23.2. The van der Waals surface area contributed by atoms with Crippen molar-refractivity contribution in [3.05, 3.63) is 95.5 Å². The third-order valence-corrected chi connectivity index (χ3v) is 9.62. The fourth-order valence-corrected chi connectivity index (χ4v) is 7.13. The molecular weight excluding hydrogens is 656 g/mol. The summed E-state index contributed by atoms with van der Waals surface area (Å²) in [6, 6.07) is 23.9. The van der Waals surface area contributed by atoms with Gasteiger partial charge in [-0.3, -0.25) is 9.52 Å². The van der Waals surface area contributed by atoms with Gasteiger partial charge in [-0.25, -0.2) is 13.4 Å². The number of ether oxygens (including phenoxy) is 4. The number of nitrogens with one attached hydrogen (secondary N) is 2. The molecule has 6 rings (SSSR count). The molecule has 2 N–H and O–H groups in total. The maximum Gasteiger partial charge on any atom is 0.264 e. The van der Waals surface area contributed by atoms with Crippen LogP contribution in [0.5, 0.6) is 17.2 Å². The summed E-state index contributed by atoms with van der Waals surface area (Å²) in [5.74, 6) is 0.848. The van der Waals surface area contributed by atoms with E-state index in [2.05, 4.69) is 10.0 Å². The first-order valence-corrected chi connectivity index (χ1v) is 16.8. The highest BCUT2D eigenvalue weighted by molar-refractivity contribution is 7.93. The number of hydrogen-bond donors (Lipinski definition) is 2. The standard InChI is InChI=1S/C35H33ClN4O7S/c1-44-31-18-22(19-32(45-2)34(31)46-3)29-21-25(24-8-4-6-10-27(24)38-29)35(41)37-23-12-13-30(40-14-16-47-17-15-40)33(20-23)48(42,43)39-28-11-7-5-9-26(28)36/h4-13,18-21,39H,14-17H2,1-3H3,(H,37,41). The van der Waals surface area contributed by atoms with Gasteiger partial charge < -0.3 is 29.2 Å². The van der Waals surface area contributed by atoms with Gasteiger partial charge >= 0.3 is 0 Å². The number of pyridine rings is 1. The molecule has 4 aromatic carbocycles. The molecule has 0 unspecified atom stereocenters. The summed E-state index contributed by atoms with van der Waals surface area (Å²) in [6.07, 6.45) is 0. The lowest BCUT2D eigenvalue weighted by molar-refractivity contribution is 0.102. The van der Waals surface area contributed by atoms with E-state index in [9.17, 15) is 13.2 Å². The lowest BCUT2D eigenvalue weighted by Crippen LogP contribution is -2.37. The molecule has 1 aliphatic heterocycles. The van der Waals surface area contributed by atoms with Crippen LogP contribution < -0.4 is 29.1 Å². The predicted molar refractivity (Wildman–Crippen MR) is 187 cm³/mol. The van der Waals surface area contributed by atoms with Gasteiger partial charge in [0.1, 0.15) is 4.90 Å². The second kappa shape index (κ2) is 14.0. The van der Waals surface area contributed by atoms with Crippen molar-refractivity contribution in [1.82, 2.24) is 4.98 Å². The zero-order valence-corrected chi connectivity index (χ0v) is 28.0. The monoisotopic (exact) mass is 688 g/mol. The molecule has 13 heteroatoms. The van der Waals surface area contributed by atoms with Crippen molar-refractivity contribution >= 4 is 55.5 Å². The van der Waals surface area contributed by atoms with Crippen molar-refractivity contribution < 1.29 is 32.2 Å². The van der Waals surface area contributed by atoms with Crippen LogP contribution >= 0.6 is 11.6 Å². The normalized spacial score (nSPS) is 13.2. The first-order valence-electron chi connectivity index (χ1n) is 15.0. The number of aromatic nitrogens is 1. The number of nitrogens with zero attached hydrogens (tertiary/aromatic N) is 2. The van der Waals surface area contributed by atoms with E-state index in [4.69, 9.17) is 35.5 Å². The third kappa shape index (κ3) is 6.68. The Morgan fingerprint density at radius 3 is 2.25 bits per heavy atom. The fraction of sp³-hybridized carbons (Fsp3) is 0.200. The number of anilines is 3. The van der Waals surface area contributed by atoms with Crippen LogP contribution in [0.4, 0.5) is 17.1 Å². The highest BCUT2D eigenvalue weighted by Gasteiger charge is 2.26. The van der Waals surface area contributed by atoms with Crippen LogP contribution in [-0.2, 0) is 14.8 Å². The molecule has 5 aromatic rings. The summed E-state index contributed by atoms with van der Waals surface area (Å²) >= 11 is 6.29. The molecule has 1 amide bonds. The van der Waals surface area contributed by atoms with Crippen molar-refractivity contribution in [1.29, 1.82) is 0 Å². The van der Waals surface area contributed by atoms with Gasteiger partial charge in [0.15, 0.2) is 11.5 Å². The van der Waals surface area contributed by atoms with Gasteiger partial charge in [0.25, 0.3) is 15.9 Å². The summed E-state index contributed by atoms with van der Waals surface area (Å²) in [4.78, 5) is 20.8. The molecule has 48 heavy (non-hydrogen) atoms. The molecule has 0 aliphatic carbocycles. The number of carbonyl (C=O) groups is 1. The topological polar surface area (TPSA) is 128 Å². The van der Waals surface area contributed by atoms with Crippen molar-refractivity contribution in [3.8, 4) is 28.5 Å². The quantitative estimate of drug-likeness (QED) is 0.170. The summed E-state index contributed by atoms with van der Waals surface area (Å²) in [5.41, 5.74) is 3.06. The average Bonchev–Trinajstić information content (AvgIpc) is 3.11. The largest absolute Gasteiger partial charge is 0.493 e. The van der Waals surface area contributed by atoms with E-state index in [-0.39, 0.29) is 21.3 Å². The molecule has 0 bridgehead atoms. The predicted octanol–water partition coefficient (Wildman–Crippen LogP) is 6.47. The summed E-state index contributed by atoms with van der Waals surface area (Å²) in [6.45, 7) is 1.93. The van der Waals surface area contributed by atoms with Gasteiger partial charge in [-0.15, -0.1) is 0 Å². The number of halogens is 1. The molecule has 0 atom stereocenters. The van der Waals surface area contributed by atoms with Crippen LogP contribution in [0, 0.1) is 0 Å². The van der Waals surface area contributed by atoms with E-state index in [0.29, 0.717) is 77.0 Å². The molecule has 1 aliphatic rings. The van der Waals surface area contributed by atoms with E-state index in [0.717, 1.165) is 0 Å². The van der Waals surface area contributed by atoms with Gasteiger partial charge in [-0.2, -0.15) is 0 Å². The Morgan fingerprint density at radius 2 is 1.56 bits per heavy atom. The van der Waals surface area contributed by atoms with Gasteiger partial charge in [0.2, 0.25) is 5.75 Å². The highest BCUT2D eigenvalue weighted by atomic mass is 35.5. The maximum absolute atomic E-state index is 14.0. The van der Waals surface area contributed by atoms with Gasteiger partial charge in [-0.05, 0) is 54.6 Å². The van der Waals surface area contributed by atoms with Crippen LogP contribution in [0.15, 0.2) is 89.8 Å². The number of hydrogen-bond acceptors (Lipinski definition) is 9. The van der Waals surface area contributed by atoms with Crippen LogP contribution in [0.1, 0.15) is 10.4 Å². The molecule has 0 radical (unpaired) electrons. The van der Waals surface area contributed by atoms with Crippen molar-refractivity contribution in [2.45, 2.75) is 4.90 Å². The van der Waals surface area contributed by atoms with Crippen LogP contribution in [0.25, 0.3) is 22.2 Å². The molecule has 0 spiro atoms. The molecule has 1 fully saturated rings. The summed E-state index contributed by atoms with van der Waals surface area (Å²) in [7, 11) is 0.423. The van der Waals surface area contributed by atoms with E-state index in [1.165, 1.54) is 27.4 Å². The Bertz CT molecular complexity index is 2080. The van der Waals surface area contributed by atoms with E-state index < -0.39 is 15.9 Å². The Kier molecular flexibility index (Phi) is 9.58. The number of methoxy groups -OCH3 is 3. The molecule has 2 heterocycles. The molecule has 0 saturated carbocycles.